The second-order valence-electron chi connectivity index (χ2n) is 7.34. The number of hydrogen-bond acceptors (Lipinski definition) is 5. The standard InChI is InChI=1S/C17H24N4.2C2HF3O2/c1-3-20-9-11-21(12-10-20)13-16-14(2)18-17(19-16)15-7-5-4-6-8-15;2*3-2(4,5)1(6)7/h4-8H,3,9-13H2,1-2H3,(H,18,19);2*(H,6,7). The number of rotatable bonds is 4. The Bertz CT molecular complexity index is 916. The van der Waals surface area contributed by atoms with Crippen molar-refractivity contribution in [2.24, 2.45) is 0 Å². The lowest BCUT2D eigenvalue weighted by atomic mass is 10.2. The van der Waals surface area contributed by atoms with Crippen LogP contribution >= 0.6 is 0 Å². The molecule has 3 N–H and O–H groups in total. The first-order valence-corrected chi connectivity index (χ1v) is 10.3. The first-order valence-electron chi connectivity index (χ1n) is 10.3. The van der Waals surface area contributed by atoms with Gasteiger partial charge < -0.3 is 20.1 Å². The predicted octanol–water partition coefficient (Wildman–Crippen LogP) is 3.79. The number of piperazine rings is 1. The van der Waals surface area contributed by atoms with Crippen molar-refractivity contribution in [3.63, 3.8) is 0 Å². The van der Waals surface area contributed by atoms with Crippen molar-refractivity contribution in [1.82, 2.24) is 19.8 Å². The van der Waals surface area contributed by atoms with E-state index in [9.17, 15) is 26.3 Å². The quantitative estimate of drug-likeness (QED) is 0.535. The van der Waals surface area contributed by atoms with E-state index in [4.69, 9.17) is 24.8 Å². The number of imidazole rings is 1. The van der Waals surface area contributed by atoms with Gasteiger partial charge in [0, 0.05) is 44.0 Å². The fourth-order valence-corrected chi connectivity index (χ4v) is 2.86. The van der Waals surface area contributed by atoms with Gasteiger partial charge in [-0.3, -0.25) is 4.90 Å². The van der Waals surface area contributed by atoms with Crippen LogP contribution in [0.4, 0.5) is 26.3 Å². The van der Waals surface area contributed by atoms with E-state index in [-0.39, 0.29) is 0 Å². The van der Waals surface area contributed by atoms with Gasteiger partial charge in [-0.2, -0.15) is 26.3 Å². The molecular weight excluding hydrogens is 486 g/mol. The number of aryl methyl sites for hydroxylation is 1. The molecule has 1 aromatic carbocycles. The van der Waals surface area contributed by atoms with Gasteiger partial charge in [0.1, 0.15) is 5.82 Å². The molecule has 14 heteroatoms. The molecule has 196 valence electrons. The molecule has 0 amide bonds. The number of H-pyrrole nitrogens is 1. The number of carboxylic acid groups (broad SMARTS) is 2. The molecule has 0 bridgehead atoms. The Morgan fingerprint density at radius 2 is 1.34 bits per heavy atom. The van der Waals surface area contributed by atoms with Crippen molar-refractivity contribution in [2.75, 3.05) is 32.7 Å². The van der Waals surface area contributed by atoms with Crippen LogP contribution in [0.3, 0.4) is 0 Å². The Morgan fingerprint density at radius 3 is 1.74 bits per heavy atom. The number of hydrogen-bond donors (Lipinski definition) is 3. The summed E-state index contributed by atoms with van der Waals surface area (Å²) in [6, 6.07) is 10.3. The third-order valence-electron chi connectivity index (χ3n) is 4.80. The minimum atomic E-state index is -5.08. The summed E-state index contributed by atoms with van der Waals surface area (Å²) in [5.74, 6) is -4.53. The van der Waals surface area contributed by atoms with Gasteiger partial charge in [-0.05, 0) is 13.5 Å². The SMILES string of the molecule is CCN1CCN(Cc2nc(-c3ccccc3)[nH]c2C)CC1.O=C(O)C(F)(F)F.O=C(O)C(F)(F)F. The summed E-state index contributed by atoms with van der Waals surface area (Å²) in [6.07, 6.45) is -10.2. The van der Waals surface area contributed by atoms with E-state index >= 15 is 0 Å². The second-order valence-corrected chi connectivity index (χ2v) is 7.34. The largest absolute Gasteiger partial charge is 0.490 e. The molecule has 2 aromatic rings. The van der Waals surface area contributed by atoms with Crippen LogP contribution < -0.4 is 0 Å². The van der Waals surface area contributed by atoms with Gasteiger partial charge in [0.05, 0.1) is 5.69 Å². The monoisotopic (exact) mass is 512 g/mol. The normalized spacial score (nSPS) is 14.9. The number of halogens is 6. The average Bonchev–Trinajstić information content (AvgIpc) is 3.14. The lowest BCUT2D eigenvalue weighted by molar-refractivity contribution is -0.193. The molecular formula is C21H26F6N4O4. The van der Waals surface area contributed by atoms with E-state index in [0.717, 1.165) is 37.6 Å². The summed E-state index contributed by atoms with van der Waals surface area (Å²) < 4.78 is 63.5. The molecule has 1 fully saturated rings. The molecule has 1 aromatic heterocycles. The number of alkyl halides is 6. The van der Waals surface area contributed by atoms with E-state index in [1.54, 1.807) is 0 Å². The van der Waals surface area contributed by atoms with Gasteiger partial charge in [0.2, 0.25) is 0 Å². The minimum Gasteiger partial charge on any atom is -0.475 e. The molecule has 1 aliphatic rings. The molecule has 1 aliphatic heterocycles. The molecule has 3 rings (SSSR count). The van der Waals surface area contributed by atoms with Crippen molar-refractivity contribution < 1.29 is 46.1 Å². The lowest BCUT2D eigenvalue weighted by Gasteiger charge is -2.33. The van der Waals surface area contributed by atoms with Gasteiger partial charge in [-0.1, -0.05) is 37.3 Å². The highest BCUT2D eigenvalue weighted by molar-refractivity contribution is 5.73. The molecule has 1 saturated heterocycles. The Balaban J connectivity index is 0.000000362. The van der Waals surface area contributed by atoms with Crippen LogP contribution in [0.15, 0.2) is 30.3 Å². The Morgan fingerprint density at radius 1 is 0.914 bits per heavy atom. The predicted molar refractivity (Wildman–Crippen MR) is 114 cm³/mol. The Labute approximate surface area is 197 Å². The van der Waals surface area contributed by atoms with E-state index in [2.05, 4.69) is 52.9 Å². The number of nitrogens with zero attached hydrogens (tertiary/aromatic N) is 3. The van der Waals surface area contributed by atoms with Gasteiger partial charge in [0.15, 0.2) is 0 Å². The fourth-order valence-electron chi connectivity index (χ4n) is 2.86. The summed E-state index contributed by atoms with van der Waals surface area (Å²) in [7, 11) is 0. The highest BCUT2D eigenvalue weighted by Gasteiger charge is 2.38. The highest BCUT2D eigenvalue weighted by Crippen LogP contribution is 2.19. The highest BCUT2D eigenvalue weighted by atomic mass is 19.4. The molecule has 0 unspecified atom stereocenters. The number of aliphatic carboxylic acids is 2. The van der Waals surface area contributed by atoms with Crippen molar-refractivity contribution >= 4 is 11.9 Å². The molecule has 0 radical (unpaired) electrons. The average molecular weight is 512 g/mol. The Kier molecular flexibility index (Phi) is 11.2. The number of carbonyl (C=O) groups is 2. The second kappa shape index (κ2) is 13.1. The summed E-state index contributed by atoms with van der Waals surface area (Å²) in [5, 5.41) is 14.2. The van der Waals surface area contributed by atoms with Crippen LogP contribution in [0, 0.1) is 6.92 Å². The van der Waals surface area contributed by atoms with Crippen molar-refractivity contribution in [3.05, 3.63) is 41.7 Å². The Hall–Kier alpha value is -3.13. The van der Waals surface area contributed by atoms with E-state index < -0.39 is 24.3 Å². The van der Waals surface area contributed by atoms with Crippen molar-refractivity contribution in [2.45, 2.75) is 32.7 Å². The summed E-state index contributed by atoms with van der Waals surface area (Å²) in [4.78, 5) is 31.0. The number of likely N-dealkylation sites (N-methyl/N-ethyl adjacent to an activating group) is 1. The zero-order valence-corrected chi connectivity index (χ0v) is 18.9. The van der Waals surface area contributed by atoms with Gasteiger partial charge in [-0.15, -0.1) is 0 Å². The first kappa shape index (κ1) is 29.9. The third-order valence-corrected chi connectivity index (χ3v) is 4.80. The van der Waals surface area contributed by atoms with E-state index in [1.807, 2.05) is 6.07 Å². The maximum Gasteiger partial charge on any atom is 0.490 e. The van der Waals surface area contributed by atoms with Crippen LogP contribution in [0.1, 0.15) is 18.3 Å². The molecule has 0 saturated carbocycles. The number of aromatic amines is 1. The van der Waals surface area contributed by atoms with Crippen molar-refractivity contribution in [3.8, 4) is 11.4 Å². The van der Waals surface area contributed by atoms with Gasteiger partial charge in [-0.25, -0.2) is 14.6 Å². The summed E-state index contributed by atoms with van der Waals surface area (Å²) in [6.45, 7) is 11.1. The number of nitrogens with one attached hydrogen (secondary N) is 1. The molecule has 35 heavy (non-hydrogen) atoms. The van der Waals surface area contributed by atoms with Crippen LogP contribution in [-0.4, -0.2) is 87.0 Å². The lowest BCUT2D eigenvalue weighted by Crippen LogP contribution is -2.45. The van der Waals surface area contributed by atoms with Crippen LogP contribution in [0.2, 0.25) is 0 Å². The van der Waals surface area contributed by atoms with Crippen molar-refractivity contribution in [1.29, 1.82) is 0 Å². The zero-order chi connectivity index (χ0) is 26.8. The van der Waals surface area contributed by atoms with Gasteiger partial charge >= 0.3 is 24.3 Å². The minimum absolute atomic E-state index is 0.951. The first-order chi connectivity index (χ1) is 16.1. The fraction of sp³-hybridized carbons (Fsp3) is 0.476. The maximum absolute atomic E-state index is 10.6. The van der Waals surface area contributed by atoms with Crippen LogP contribution in [-0.2, 0) is 16.1 Å². The molecule has 2 heterocycles. The zero-order valence-electron chi connectivity index (χ0n) is 18.9. The van der Waals surface area contributed by atoms with Crippen LogP contribution in [0.25, 0.3) is 11.4 Å². The van der Waals surface area contributed by atoms with Gasteiger partial charge in [0.25, 0.3) is 0 Å². The molecule has 8 nitrogen and oxygen atoms in total. The van der Waals surface area contributed by atoms with E-state index in [0.29, 0.717) is 0 Å². The van der Waals surface area contributed by atoms with E-state index in [1.165, 1.54) is 24.5 Å². The third kappa shape index (κ3) is 10.8. The number of carboxylic acids is 2. The summed E-state index contributed by atoms with van der Waals surface area (Å²) in [5.41, 5.74) is 3.52. The molecule has 0 aliphatic carbocycles. The smallest absolute Gasteiger partial charge is 0.475 e. The molecule has 0 spiro atoms. The number of benzene rings is 1. The maximum atomic E-state index is 10.6. The topological polar surface area (TPSA) is 110 Å². The summed E-state index contributed by atoms with van der Waals surface area (Å²) >= 11 is 0. The number of aromatic nitrogens is 2. The van der Waals surface area contributed by atoms with Crippen LogP contribution in [0.5, 0.6) is 0 Å². The molecule has 0 atom stereocenters.